The highest BCUT2D eigenvalue weighted by Gasteiger charge is 2.24. The van der Waals surface area contributed by atoms with Gasteiger partial charge in [0.25, 0.3) is 0 Å². The number of hydrogen-bond donors (Lipinski definition) is 0. The van der Waals surface area contributed by atoms with E-state index in [9.17, 15) is 9.59 Å². The minimum Gasteiger partial charge on any atom is -0.486 e. The normalized spacial score (nSPS) is 18.9. The first kappa shape index (κ1) is 14.5. The van der Waals surface area contributed by atoms with Crippen LogP contribution in [-0.4, -0.2) is 23.8 Å². The van der Waals surface area contributed by atoms with Gasteiger partial charge < -0.3 is 9.47 Å². The molecule has 0 bridgehead atoms. The molecule has 100 valence electrons. The van der Waals surface area contributed by atoms with Gasteiger partial charge in [-0.2, -0.15) is 0 Å². The Bertz CT molecular complexity index is 355. The summed E-state index contributed by atoms with van der Waals surface area (Å²) in [5.41, 5.74) is 0. The van der Waals surface area contributed by atoms with Crippen LogP contribution in [0, 0.1) is 0 Å². The summed E-state index contributed by atoms with van der Waals surface area (Å²) in [7, 11) is 0. The largest absolute Gasteiger partial charge is 0.486 e. The maximum Gasteiger partial charge on any atom is 0.224 e. The lowest BCUT2D eigenvalue weighted by atomic mass is 10.1. The number of ether oxygens (including phenoxy) is 2. The first-order chi connectivity index (χ1) is 8.47. The summed E-state index contributed by atoms with van der Waals surface area (Å²) in [4.78, 5) is 23.5. The maximum absolute atomic E-state index is 11.8. The van der Waals surface area contributed by atoms with Gasteiger partial charge in [0.1, 0.15) is 0 Å². The average molecular weight is 252 g/mol. The molecule has 18 heavy (non-hydrogen) atoms. The van der Waals surface area contributed by atoms with Crippen molar-refractivity contribution in [3.05, 3.63) is 23.7 Å². The van der Waals surface area contributed by atoms with Crippen molar-refractivity contribution in [2.75, 3.05) is 0 Å². The van der Waals surface area contributed by atoms with Crippen molar-refractivity contribution in [3.8, 4) is 0 Å². The Kier molecular flexibility index (Phi) is 5.13. The molecule has 0 radical (unpaired) electrons. The Morgan fingerprint density at radius 2 is 1.22 bits per heavy atom. The van der Waals surface area contributed by atoms with Gasteiger partial charge in [0.15, 0.2) is 11.5 Å². The molecule has 0 fully saturated rings. The lowest BCUT2D eigenvalue weighted by Crippen LogP contribution is -2.21. The minimum atomic E-state index is -0.312. The second kappa shape index (κ2) is 6.38. The van der Waals surface area contributed by atoms with Crippen LogP contribution in [0.4, 0.5) is 0 Å². The summed E-state index contributed by atoms with van der Waals surface area (Å²) in [5.74, 6) is -0.418. The van der Waals surface area contributed by atoms with E-state index in [0.717, 1.165) is 12.8 Å². The molecule has 2 unspecified atom stereocenters. The Morgan fingerprint density at radius 1 is 0.889 bits per heavy atom. The van der Waals surface area contributed by atoms with E-state index in [1.54, 1.807) is 0 Å². The van der Waals surface area contributed by atoms with E-state index in [0.29, 0.717) is 0 Å². The Balaban J connectivity index is 2.74. The van der Waals surface area contributed by atoms with Crippen LogP contribution in [0.25, 0.3) is 0 Å². The van der Waals surface area contributed by atoms with Gasteiger partial charge in [0.2, 0.25) is 11.6 Å². The van der Waals surface area contributed by atoms with Gasteiger partial charge >= 0.3 is 0 Å². The van der Waals surface area contributed by atoms with Crippen molar-refractivity contribution < 1.29 is 19.1 Å². The van der Waals surface area contributed by atoms with Gasteiger partial charge in [-0.3, -0.25) is 9.59 Å². The molecule has 0 N–H and O–H groups in total. The number of hydrogen-bond acceptors (Lipinski definition) is 4. The molecule has 2 atom stereocenters. The Hall–Kier alpha value is -1.58. The summed E-state index contributed by atoms with van der Waals surface area (Å²) in [6, 6.07) is 0. The monoisotopic (exact) mass is 252 g/mol. The number of carbonyl (C=O) groups excluding carboxylic acids is 2. The summed E-state index contributed by atoms with van der Waals surface area (Å²) < 4.78 is 10.8. The summed E-state index contributed by atoms with van der Waals surface area (Å²) in [6.45, 7) is 7.61. The molecule has 4 heteroatoms. The number of rotatable bonds is 6. The van der Waals surface area contributed by atoms with E-state index in [1.165, 1.54) is 12.2 Å². The molecule has 0 aromatic carbocycles. The molecule has 1 aliphatic rings. The number of carbonyl (C=O) groups is 2. The van der Waals surface area contributed by atoms with Crippen LogP contribution in [0.1, 0.15) is 40.5 Å². The fourth-order valence-corrected chi connectivity index (χ4v) is 1.31. The third-order valence-corrected chi connectivity index (χ3v) is 2.82. The van der Waals surface area contributed by atoms with E-state index in [-0.39, 0.29) is 35.3 Å². The molecule has 1 aliphatic carbocycles. The molecule has 4 nitrogen and oxygen atoms in total. The zero-order chi connectivity index (χ0) is 13.7. The van der Waals surface area contributed by atoms with E-state index in [2.05, 4.69) is 0 Å². The van der Waals surface area contributed by atoms with Crippen LogP contribution in [-0.2, 0) is 19.1 Å². The van der Waals surface area contributed by atoms with Crippen LogP contribution >= 0.6 is 0 Å². The Labute approximate surface area is 108 Å². The highest BCUT2D eigenvalue weighted by molar-refractivity contribution is 6.18. The van der Waals surface area contributed by atoms with Crippen LogP contribution < -0.4 is 0 Å². The highest BCUT2D eigenvalue weighted by atomic mass is 16.5. The van der Waals surface area contributed by atoms with Gasteiger partial charge in [-0.15, -0.1) is 0 Å². The molecule has 0 aromatic rings. The molecule has 0 aliphatic heterocycles. The average Bonchev–Trinajstić information content (AvgIpc) is 2.34. The minimum absolute atomic E-state index is 0.0848. The fraction of sp³-hybridized carbons (Fsp3) is 0.571. The predicted molar refractivity (Wildman–Crippen MR) is 67.9 cm³/mol. The van der Waals surface area contributed by atoms with Crippen LogP contribution in [0.2, 0.25) is 0 Å². The molecule has 0 amide bonds. The van der Waals surface area contributed by atoms with Crippen molar-refractivity contribution in [1.82, 2.24) is 0 Å². The molecule has 0 spiro atoms. The second-order valence-electron chi connectivity index (χ2n) is 4.42. The lowest BCUT2D eigenvalue weighted by molar-refractivity contribution is -0.121. The molecule has 0 saturated heterocycles. The van der Waals surface area contributed by atoms with Gasteiger partial charge in [0, 0.05) is 12.2 Å². The summed E-state index contributed by atoms with van der Waals surface area (Å²) in [5, 5.41) is 0. The summed E-state index contributed by atoms with van der Waals surface area (Å²) in [6.07, 6.45) is 3.81. The molecule has 0 aromatic heterocycles. The van der Waals surface area contributed by atoms with E-state index >= 15 is 0 Å². The van der Waals surface area contributed by atoms with Crippen LogP contribution in [0.15, 0.2) is 23.7 Å². The lowest BCUT2D eigenvalue weighted by Gasteiger charge is -2.19. The quantitative estimate of drug-likeness (QED) is 0.682. The number of ketones is 2. The van der Waals surface area contributed by atoms with Gasteiger partial charge in [0.05, 0.1) is 12.2 Å². The highest BCUT2D eigenvalue weighted by Crippen LogP contribution is 2.18. The second-order valence-corrected chi connectivity index (χ2v) is 4.42. The molecule has 1 rings (SSSR count). The SMILES string of the molecule is CCC(C)OC1=CC(=O)C(OC(C)CC)=CC1=O. The zero-order valence-electron chi connectivity index (χ0n) is 11.4. The first-order valence-electron chi connectivity index (χ1n) is 6.33. The van der Waals surface area contributed by atoms with Crippen molar-refractivity contribution >= 4 is 11.6 Å². The van der Waals surface area contributed by atoms with Crippen LogP contribution in [0.3, 0.4) is 0 Å². The number of allylic oxidation sites excluding steroid dienone is 2. The fourth-order valence-electron chi connectivity index (χ4n) is 1.31. The molecular weight excluding hydrogens is 232 g/mol. The third-order valence-electron chi connectivity index (χ3n) is 2.82. The zero-order valence-corrected chi connectivity index (χ0v) is 11.4. The van der Waals surface area contributed by atoms with Crippen molar-refractivity contribution in [2.45, 2.75) is 52.7 Å². The van der Waals surface area contributed by atoms with Crippen LogP contribution in [0.5, 0.6) is 0 Å². The van der Waals surface area contributed by atoms with Crippen molar-refractivity contribution in [1.29, 1.82) is 0 Å². The molecule has 0 heterocycles. The summed E-state index contributed by atoms with van der Waals surface area (Å²) >= 11 is 0. The van der Waals surface area contributed by atoms with Gasteiger partial charge in [-0.25, -0.2) is 0 Å². The maximum atomic E-state index is 11.8. The van der Waals surface area contributed by atoms with Gasteiger partial charge in [-0.05, 0) is 26.7 Å². The van der Waals surface area contributed by atoms with Crippen molar-refractivity contribution in [3.63, 3.8) is 0 Å². The Morgan fingerprint density at radius 3 is 1.50 bits per heavy atom. The van der Waals surface area contributed by atoms with E-state index in [1.807, 2.05) is 27.7 Å². The topological polar surface area (TPSA) is 52.6 Å². The third kappa shape index (κ3) is 3.72. The predicted octanol–water partition coefficient (Wildman–Crippen LogP) is 2.54. The van der Waals surface area contributed by atoms with E-state index in [4.69, 9.17) is 9.47 Å². The van der Waals surface area contributed by atoms with E-state index < -0.39 is 0 Å². The standard InChI is InChI=1S/C14H20O4/c1-5-9(3)17-13-7-12(16)14(8-11(13)15)18-10(4)6-2/h7-10H,5-6H2,1-4H3. The van der Waals surface area contributed by atoms with Gasteiger partial charge in [-0.1, -0.05) is 13.8 Å². The van der Waals surface area contributed by atoms with Crippen molar-refractivity contribution in [2.24, 2.45) is 0 Å². The first-order valence-corrected chi connectivity index (χ1v) is 6.33. The molecule has 0 saturated carbocycles. The smallest absolute Gasteiger partial charge is 0.224 e. The molecular formula is C14H20O4.